The number of halogens is 1. The fraction of sp³-hybridized carbons (Fsp3) is 0.125. The molecule has 0 unspecified atom stereocenters. The van der Waals surface area contributed by atoms with E-state index in [0.29, 0.717) is 10.7 Å². The van der Waals surface area contributed by atoms with E-state index in [0.717, 1.165) is 32.1 Å². The molecule has 0 radical (unpaired) electrons. The van der Waals surface area contributed by atoms with Crippen LogP contribution in [-0.2, 0) is 18.3 Å². The van der Waals surface area contributed by atoms with E-state index in [2.05, 4.69) is 22.0 Å². The zero-order valence-electron chi connectivity index (χ0n) is 16.7. The number of rotatable bonds is 6. The number of hydrogen-bond donors (Lipinski definition) is 1. The van der Waals surface area contributed by atoms with E-state index >= 15 is 0 Å². The molecule has 4 aromatic rings. The number of fused-ring (bicyclic) bond motifs is 1. The molecule has 0 spiro atoms. The largest absolute Gasteiger partial charge is 0.497 e. The lowest BCUT2D eigenvalue weighted by Crippen LogP contribution is -2.16. The first-order chi connectivity index (χ1) is 14.5. The third kappa shape index (κ3) is 4.32. The van der Waals surface area contributed by atoms with Crippen molar-refractivity contribution in [3.63, 3.8) is 0 Å². The lowest BCUT2D eigenvalue weighted by molar-refractivity contribution is -0.115. The molecule has 152 valence electrons. The van der Waals surface area contributed by atoms with Crippen molar-refractivity contribution < 1.29 is 9.53 Å². The lowest BCUT2D eigenvalue weighted by Gasteiger charge is -2.09. The Balaban J connectivity index is 1.72. The summed E-state index contributed by atoms with van der Waals surface area (Å²) in [7, 11) is 3.65. The molecule has 1 amide bonds. The Hall–Kier alpha value is -2.89. The van der Waals surface area contributed by atoms with E-state index in [1.54, 1.807) is 31.0 Å². The number of carbonyl (C=O) groups is 1. The van der Waals surface area contributed by atoms with E-state index < -0.39 is 0 Å². The Morgan fingerprint density at radius 1 is 1.07 bits per heavy atom. The molecule has 1 aromatic heterocycles. The smallest absolute Gasteiger partial charge is 0.230 e. The summed E-state index contributed by atoms with van der Waals surface area (Å²) >= 11 is 7.70. The number of anilines is 1. The van der Waals surface area contributed by atoms with E-state index in [9.17, 15) is 4.79 Å². The first kappa shape index (κ1) is 20.4. The highest BCUT2D eigenvalue weighted by molar-refractivity contribution is 7.99. The Morgan fingerprint density at radius 3 is 2.60 bits per heavy atom. The normalized spacial score (nSPS) is 10.9. The van der Waals surface area contributed by atoms with Gasteiger partial charge in [0.1, 0.15) is 5.75 Å². The average molecular weight is 437 g/mol. The molecular formula is C24H21ClN2O2S. The predicted molar refractivity (Wildman–Crippen MR) is 124 cm³/mol. The first-order valence-electron chi connectivity index (χ1n) is 9.49. The van der Waals surface area contributed by atoms with Crippen LogP contribution >= 0.6 is 23.4 Å². The van der Waals surface area contributed by atoms with Gasteiger partial charge in [-0.2, -0.15) is 0 Å². The minimum Gasteiger partial charge on any atom is -0.497 e. The predicted octanol–water partition coefficient (Wildman–Crippen LogP) is 6.17. The van der Waals surface area contributed by atoms with Gasteiger partial charge in [-0.05, 0) is 48.5 Å². The summed E-state index contributed by atoms with van der Waals surface area (Å²) in [6.45, 7) is 0. The minimum absolute atomic E-state index is 0.0925. The standard InChI is InChI=1S/C24H21ClN2O2S/c1-27-21-12-11-18(29-2)14-20(21)24(30-19-9-4-3-5-10-19)22(27)15-23(28)26-17-8-6-7-16(25)13-17/h3-14H,15H2,1-2H3,(H,26,28). The van der Waals surface area contributed by atoms with Gasteiger partial charge in [0.25, 0.3) is 0 Å². The van der Waals surface area contributed by atoms with Crippen molar-refractivity contribution in [2.75, 3.05) is 12.4 Å². The maximum atomic E-state index is 12.8. The number of carbonyl (C=O) groups excluding carboxylic acids is 1. The van der Waals surface area contributed by atoms with Crippen LogP contribution in [-0.4, -0.2) is 17.6 Å². The van der Waals surface area contributed by atoms with Crippen LogP contribution in [0.15, 0.2) is 82.6 Å². The summed E-state index contributed by atoms with van der Waals surface area (Å²) in [5, 5.41) is 4.60. The number of ether oxygens (including phenoxy) is 1. The monoisotopic (exact) mass is 436 g/mol. The van der Waals surface area contributed by atoms with Gasteiger partial charge in [0, 0.05) is 44.1 Å². The molecule has 1 N–H and O–H groups in total. The topological polar surface area (TPSA) is 43.3 Å². The number of aromatic nitrogens is 1. The molecular weight excluding hydrogens is 416 g/mol. The molecule has 0 aliphatic heterocycles. The van der Waals surface area contributed by atoms with E-state index in [4.69, 9.17) is 16.3 Å². The van der Waals surface area contributed by atoms with Gasteiger partial charge in [-0.25, -0.2) is 0 Å². The number of hydrogen-bond acceptors (Lipinski definition) is 3. The summed E-state index contributed by atoms with van der Waals surface area (Å²) in [5.74, 6) is 0.697. The Kier molecular flexibility index (Phi) is 6.02. The average Bonchev–Trinajstić information content (AvgIpc) is 2.99. The van der Waals surface area contributed by atoms with Crippen molar-refractivity contribution in [2.45, 2.75) is 16.2 Å². The molecule has 4 rings (SSSR count). The fourth-order valence-corrected chi connectivity index (χ4v) is 4.73. The summed E-state index contributed by atoms with van der Waals surface area (Å²) in [4.78, 5) is 15.0. The highest BCUT2D eigenvalue weighted by atomic mass is 35.5. The molecule has 3 aromatic carbocycles. The third-order valence-corrected chi connectivity index (χ3v) is 6.28. The molecule has 6 heteroatoms. The van der Waals surface area contributed by atoms with Crippen molar-refractivity contribution >= 4 is 45.9 Å². The van der Waals surface area contributed by atoms with E-state index in [1.807, 2.05) is 55.6 Å². The molecule has 0 atom stereocenters. The number of benzene rings is 3. The summed E-state index contributed by atoms with van der Waals surface area (Å²) < 4.78 is 7.52. The van der Waals surface area contributed by atoms with Crippen LogP contribution in [0.2, 0.25) is 5.02 Å². The first-order valence-corrected chi connectivity index (χ1v) is 10.7. The Labute approximate surface area is 184 Å². The molecule has 0 saturated carbocycles. The number of amides is 1. The maximum Gasteiger partial charge on any atom is 0.230 e. The van der Waals surface area contributed by atoms with Crippen LogP contribution in [0.3, 0.4) is 0 Å². The van der Waals surface area contributed by atoms with Gasteiger partial charge < -0.3 is 14.6 Å². The second-order valence-corrected chi connectivity index (χ2v) is 8.39. The van der Waals surface area contributed by atoms with Crippen molar-refractivity contribution in [2.24, 2.45) is 7.05 Å². The highest BCUT2D eigenvalue weighted by Gasteiger charge is 2.19. The molecule has 0 aliphatic carbocycles. The van der Waals surface area contributed by atoms with Crippen LogP contribution in [0, 0.1) is 0 Å². The van der Waals surface area contributed by atoms with Crippen molar-refractivity contribution in [3.8, 4) is 5.75 Å². The number of nitrogens with one attached hydrogen (secondary N) is 1. The van der Waals surface area contributed by atoms with Crippen LogP contribution in [0.25, 0.3) is 10.9 Å². The van der Waals surface area contributed by atoms with E-state index in [-0.39, 0.29) is 12.3 Å². The molecule has 0 bridgehead atoms. The zero-order chi connectivity index (χ0) is 21.1. The summed E-state index contributed by atoms with van der Waals surface area (Å²) in [5.41, 5.74) is 2.69. The molecule has 0 saturated heterocycles. The summed E-state index contributed by atoms with van der Waals surface area (Å²) in [6, 6.07) is 23.3. The third-order valence-electron chi connectivity index (χ3n) is 4.88. The number of aryl methyl sites for hydroxylation is 1. The van der Waals surface area contributed by atoms with Crippen LogP contribution in [0.4, 0.5) is 5.69 Å². The van der Waals surface area contributed by atoms with Gasteiger partial charge in [-0.1, -0.05) is 47.6 Å². The second kappa shape index (κ2) is 8.86. The van der Waals surface area contributed by atoms with Crippen LogP contribution < -0.4 is 10.1 Å². The minimum atomic E-state index is -0.0925. The number of nitrogens with zero attached hydrogens (tertiary/aromatic N) is 1. The second-order valence-electron chi connectivity index (χ2n) is 6.87. The maximum absolute atomic E-state index is 12.8. The fourth-order valence-electron chi connectivity index (χ4n) is 3.41. The van der Waals surface area contributed by atoms with Crippen molar-refractivity contribution in [1.29, 1.82) is 0 Å². The quantitative estimate of drug-likeness (QED) is 0.393. The van der Waals surface area contributed by atoms with E-state index in [1.165, 1.54) is 0 Å². The zero-order valence-corrected chi connectivity index (χ0v) is 18.3. The van der Waals surface area contributed by atoms with Gasteiger partial charge in [0.05, 0.1) is 13.5 Å². The molecule has 1 heterocycles. The molecule has 0 aliphatic rings. The Morgan fingerprint density at radius 2 is 1.87 bits per heavy atom. The Bertz CT molecular complexity index is 1200. The van der Waals surface area contributed by atoms with Crippen LogP contribution in [0.1, 0.15) is 5.69 Å². The molecule has 0 fully saturated rings. The molecule has 4 nitrogen and oxygen atoms in total. The van der Waals surface area contributed by atoms with Crippen LogP contribution in [0.5, 0.6) is 5.75 Å². The number of methoxy groups -OCH3 is 1. The van der Waals surface area contributed by atoms with Crippen molar-refractivity contribution in [3.05, 3.63) is 83.5 Å². The lowest BCUT2D eigenvalue weighted by atomic mass is 10.2. The van der Waals surface area contributed by atoms with Crippen molar-refractivity contribution in [1.82, 2.24) is 4.57 Å². The highest BCUT2D eigenvalue weighted by Crippen LogP contribution is 2.39. The van der Waals surface area contributed by atoms with Gasteiger partial charge in [-0.3, -0.25) is 4.79 Å². The van der Waals surface area contributed by atoms with Gasteiger partial charge >= 0.3 is 0 Å². The molecule has 30 heavy (non-hydrogen) atoms. The van der Waals surface area contributed by atoms with Gasteiger partial charge in [0.2, 0.25) is 5.91 Å². The van der Waals surface area contributed by atoms with Gasteiger partial charge in [-0.15, -0.1) is 0 Å². The van der Waals surface area contributed by atoms with Gasteiger partial charge in [0.15, 0.2) is 0 Å². The SMILES string of the molecule is COc1ccc2c(c1)c(Sc1ccccc1)c(CC(=O)Nc1cccc(Cl)c1)n2C. The summed E-state index contributed by atoms with van der Waals surface area (Å²) in [6.07, 6.45) is 0.245.